The van der Waals surface area contributed by atoms with Gasteiger partial charge in [-0.15, -0.1) is 0 Å². The van der Waals surface area contributed by atoms with Crippen LogP contribution in [0.5, 0.6) is 23.3 Å². The first-order valence-electron chi connectivity index (χ1n) is 9.43. The number of ether oxygens (including phenoxy) is 4. The summed E-state index contributed by atoms with van der Waals surface area (Å²) in [6.45, 7) is 0. The van der Waals surface area contributed by atoms with Gasteiger partial charge in [0.15, 0.2) is 0 Å². The fourth-order valence-electron chi connectivity index (χ4n) is 3.21. The van der Waals surface area contributed by atoms with Gasteiger partial charge in [0.1, 0.15) is 17.6 Å². The van der Waals surface area contributed by atoms with Crippen molar-refractivity contribution in [3.8, 4) is 23.3 Å². The van der Waals surface area contributed by atoms with Crippen LogP contribution in [0.4, 0.5) is 10.5 Å². The molecule has 3 rings (SSSR count). The molecule has 0 atom stereocenters. The van der Waals surface area contributed by atoms with Crippen LogP contribution in [-0.4, -0.2) is 49.5 Å². The number of amides is 2. The maximum atomic E-state index is 12.4. The Morgan fingerprint density at radius 3 is 2.21 bits per heavy atom. The summed E-state index contributed by atoms with van der Waals surface area (Å²) in [6.07, 6.45) is 6.41. The Bertz CT molecular complexity index is 802. The van der Waals surface area contributed by atoms with Gasteiger partial charge in [0, 0.05) is 29.9 Å². The number of nitrogens with zero attached hydrogens (tertiary/aromatic N) is 2. The molecule has 0 spiro atoms. The number of hydrogen-bond donors (Lipinski definition) is 2. The van der Waals surface area contributed by atoms with Gasteiger partial charge in [0.25, 0.3) is 0 Å². The van der Waals surface area contributed by atoms with Gasteiger partial charge in [-0.3, -0.25) is 4.98 Å². The molecule has 29 heavy (non-hydrogen) atoms. The van der Waals surface area contributed by atoms with Gasteiger partial charge >= 0.3 is 6.03 Å². The lowest BCUT2D eigenvalue weighted by Gasteiger charge is -2.29. The summed E-state index contributed by atoms with van der Waals surface area (Å²) in [7, 11) is 4.67. The summed E-state index contributed by atoms with van der Waals surface area (Å²) in [5.41, 5.74) is 0.604. The Kier molecular flexibility index (Phi) is 6.94. The second kappa shape index (κ2) is 9.81. The molecule has 2 amide bonds. The van der Waals surface area contributed by atoms with Crippen LogP contribution in [0, 0.1) is 0 Å². The number of carbonyl (C=O) groups excluding carboxylic acids is 1. The van der Waals surface area contributed by atoms with Gasteiger partial charge < -0.3 is 29.6 Å². The SMILES string of the molecule is COc1cc(NC(=O)NC2CCC(Oc3cncc(OC)n3)CC2)cc(OC)c1. The van der Waals surface area contributed by atoms with Crippen molar-refractivity contribution in [2.24, 2.45) is 0 Å². The highest BCUT2D eigenvalue weighted by Crippen LogP contribution is 2.26. The second-order valence-electron chi connectivity index (χ2n) is 6.69. The lowest BCUT2D eigenvalue weighted by molar-refractivity contribution is 0.134. The molecular formula is C20H26N4O5. The summed E-state index contributed by atoms with van der Waals surface area (Å²) >= 11 is 0. The minimum absolute atomic E-state index is 0.0418. The van der Waals surface area contributed by atoms with Crippen LogP contribution < -0.4 is 29.6 Å². The number of nitrogens with one attached hydrogen (secondary N) is 2. The molecule has 1 saturated carbocycles. The molecule has 1 aliphatic rings. The molecule has 1 aromatic carbocycles. The van der Waals surface area contributed by atoms with Gasteiger partial charge in [0.2, 0.25) is 11.8 Å². The predicted octanol–water partition coefficient (Wildman–Crippen LogP) is 3.01. The normalized spacial score (nSPS) is 18.4. The summed E-state index contributed by atoms with van der Waals surface area (Å²) in [5.74, 6) is 2.09. The average Bonchev–Trinajstić information content (AvgIpc) is 2.74. The van der Waals surface area contributed by atoms with Crippen LogP contribution in [0.3, 0.4) is 0 Å². The zero-order chi connectivity index (χ0) is 20.6. The molecule has 0 unspecified atom stereocenters. The molecular weight excluding hydrogens is 376 g/mol. The average molecular weight is 402 g/mol. The van der Waals surface area contributed by atoms with Crippen LogP contribution >= 0.6 is 0 Å². The minimum atomic E-state index is -0.261. The van der Waals surface area contributed by atoms with Crippen molar-refractivity contribution in [1.29, 1.82) is 0 Å². The standard InChI is InChI=1S/C20H26N4O5/c1-26-16-8-14(9-17(10-16)27-2)23-20(25)22-13-4-6-15(7-5-13)29-19-12-21-11-18(24-19)28-3/h8-13,15H,4-7H2,1-3H3,(H2,22,23,25). The van der Waals surface area contributed by atoms with Crippen LogP contribution in [0.25, 0.3) is 0 Å². The molecule has 0 bridgehead atoms. The van der Waals surface area contributed by atoms with Gasteiger partial charge in [-0.1, -0.05) is 0 Å². The fourth-order valence-corrected chi connectivity index (χ4v) is 3.21. The first-order chi connectivity index (χ1) is 14.1. The van der Waals surface area contributed by atoms with Gasteiger partial charge in [-0.05, 0) is 25.7 Å². The molecule has 1 aromatic heterocycles. The molecule has 9 heteroatoms. The van der Waals surface area contributed by atoms with E-state index in [1.54, 1.807) is 38.6 Å². The van der Waals surface area contributed by atoms with E-state index >= 15 is 0 Å². The number of benzene rings is 1. The minimum Gasteiger partial charge on any atom is -0.497 e. The monoisotopic (exact) mass is 402 g/mol. The third-order valence-electron chi connectivity index (χ3n) is 4.71. The number of carbonyl (C=O) groups is 1. The van der Waals surface area contributed by atoms with Gasteiger partial charge in [-0.2, -0.15) is 4.98 Å². The molecule has 0 radical (unpaired) electrons. The van der Waals surface area contributed by atoms with Gasteiger partial charge in [0.05, 0.1) is 33.7 Å². The highest BCUT2D eigenvalue weighted by atomic mass is 16.5. The van der Waals surface area contributed by atoms with E-state index in [-0.39, 0.29) is 18.2 Å². The molecule has 1 aliphatic carbocycles. The van der Waals surface area contributed by atoms with Crippen LogP contribution in [0.2, 0.25) is 0 Å². The number of anilines is 1. The Hall–Kier alpha value is -3.23. The number of aromatic nitrogens is 2. The highest BCUT2D eigenvalue weighted by Gasteiger charge is 2.24. The van der Waals surface area contributed by atoms with E-state index in [1.807, 2.05) is 0 Å². The number of urea groups is 1. The molecule has 0 saturated heterocycles. The first-order valence-corrected chi connectivity index (χ1v) is 9.43. The van der Waals surface area contributed by atoms with Crippen LogP contribution in [-0.2, 0) is 0 Å². The van der Waals surface area contributed by atoms with E-state index in [2.05, 4.69) is 20.6 Å². The smallest absolute Gasteiger partial charge is 0.319 e. The Morgan fingerprint density at radius 2 is 1.59 bits per heavy atom. The summed E-state index contributed by atoms with van der Waals surface area (Å²) in [4.78, 5) is 20.6. The second-order valence-corrected chi connectivity index (χ2v) is 6.69. The molecule has 9 nitrogen and oxygen atoms in total. The topological polar surface area (TPSA) is 104 Å². The lowest BCUT2D eigenvalue weighted by Crippen LogP contribution is -2.41. The molecule has 2 aromatic rings. The zero-order valence-corrected chi connectivity index (χ0v) is 16.8. The molecule has 0 aliphatic heterocycles. The van der Waals surface area contributed by atoms with Crippen molar-refractivity contribution in [2.45, 2.75) is 37.8 Å². The largest absolute Gasteiger partial charge is 0.497 e. The van der Waals surface area contributed by atoms with E-state index in [9.17, 15) is 4.79 Å². The molecule has 1 fully saturated rings. The fraction of sp³-hybridized carbons (Fsp3) is 0.450. The highest BCUT2D eigenvalue weighted by molar-refractivity contribution is 5.90. The van der Waals surface area contributed by atoms with Crippen molar-refractivity contribution in [1.82, 2.24) is 15.3 Å². The first kappa shape index (κ1) is 20.5. The maximum Gasteiger partial charge on any atom is 0.319 e. The van der Waals surface area contributed by atoms with Crippen molar-refractivity contribution in [3.63, 3.8) is 0 Å². The summed E-state index contributed by atoms with van der Waals surface area (Å²) < 4.78 is 21.4. The third kappa shape index (κ3) is 5.87. The number of hydrogen-bond acceptors (Lipinski definition) is 7. The Labute approximate surface area is 169 Å². The van der Waals surface area contributed by atoms with E-state index in [4.69, 9.17) is 18.9 Å². The predicted molar refractivity (Wildman–Crippen MR) is 107 cm³/mol. The number of rotatable bonds is 7. The van der Waals surface area contributed by atoms with Crippen LogP contribution in [0.15, 0.2) is 30.6 Å². The van der Waals surface area contributed by atoms with Crippen molar-refractivity contribution in [3.05, 3.63) is 30.6 Å². The third-order valence-corrected chi connectivity index (χ3v) is 4.71. The Morgan fingerprint density at radius 1 is 0.931 bits per heavy atom. The van der Waals surface area contributed by atoms with E-state index in [0.717, 1.165) is 25.7 Å². The summed E-state index contributed by atoms with van der Waals surface area (Å²) in [6, 6.07) is 5.04. The molecule has 156 valence electrons. The lowest BCUT2D eigenvalue weighted by atomic mass is 9.93. The number of methoxy groups -OCH3 is 3. The van der Waals surface area contributed by atoms with Crippen molar-refractivity contribution < 1.29 is 23.7 Å². The Balaban J connectivity index is 1.47. The van der Waals surface area contributed by atoms with E-state index < -0.39 is 0 Å². The maximum absolute atomic E-state index is 12.4. The quantitative estimate of drug-likeness (QED) is 0.734. The van der Waals surface area contributed by atoms with Crippen molar-refractivity contribution >= 4 is 11.7 Å². The van der Waals surface area contributed by atoms with E-state index in [1.165, 1.54) is 13.3 Å². The van der Waals surface area contributed by atoms with Crippen LogP contribution in [0.1, 0.15) is 25.7 Å². The molecule has 1 heterocycles. The summed E-state index contributed by atoms with van der Waals surface area (Å²) in [5, 5.41) is 5.84. The van der Waals surface area contributed by atoms with E-state index in [0.29, 0.717) is 28.9 Å². The van der Waals surface area contributed by atoms with Crippen molar-refractivity contribution in [2.75, 3.05) is 26.6 Å². The zero-order valence-electron chi connectivity index (χ0n) is 16.8. The molecule has 2 N–H and O–H groups in total. The van der Waals surface area contributed by atoms with Gasteiger partial charge in [-0.25, -0.2) is 4.79 Å².